The van der Waals surface area contributed by atoms with Crippen LogP contribution in [0.1, 0.15) is 40.8 Å². The summed E-state index contributed by atoms with van der Waals surface area (Å²) in [6, 6.07) is 0.569. The highest BCUT2D eigenvalue weighted by Gasteiger charge is 2.32. The average Bonchev–Trinajstić information content (AvgIpc) is 3.04. The first-order valence-electron chi connectivity index (χ1n) is 9.24. The summed E-state index contributed by atoms with van der Waals surface area (Å²) in [6.45, 7) is 8.58. The summed E-state index contributed by atoms with van der Waals surface area (Å²) in [5.41, 5.74) is 4.20. The Morgan fingerprint density at radius 3 is 2.69 bits per heavy atom. The summed E-state index contributed by atoms with van der Waals surface area (Å²) in [5, 5.41) is 2.51. The molecule has 0 unspecified atom stereocenters. The number of hydrogen-bond acceptors (Lipinski definition) is 9. The van der Waals surface area contributed by atoms with E-state index in [2.05, 4.69) is 10.3 Å². The van der Waals surface area contributed by atoms with Gasteiger partial charge in [-0.25, -0.2) is 14.4 Å². The molecule has 0 aliphatic carbocycles. The van der Waals surface area contributed by atoms with Crippen LogP contribution in [-0.2, 0) is 23.7 Å². The molecular weight excluding hydrogens is 384 g/mol. The molecule has 3 N–H and O–H groups in total. The van der Waals surface area contributed by atoms with Crippen LogP contribution in [0.15, 0.2) is 17.1 Å². The zero-order valence-electron chi connectivity index (χ0n) is 17.2. The van der Waals surface area contributed by atoms with Gasteiger partial charge in [0.05, 0.1) is 6.61 Å². The molecule has 11 nitrogen and oxygen atoms in total. The minimum Gasteiger partial charge on any atom is -0.459 e. The molecule has 1 aliphatic heterocycles. The molecule has 1 aliphatic rings. The number of carbonyl (C=O) groups excluding carboxylic acids is 2. The maximum Gasteiger partial charge on any atom is 0.408 e. The number of ether oxygens (including phenoxy) is 4. The van der Waals surface area contributed by atoms with E-state index in [1.165, 1.54) is 16.8 Å². The minimum atomic E-state index is -0.897. The van der Waals surface area contributed by atoms with Crippen LogP contribution in [0.3, 0.4) is 0 Å². The third-order valence-electron chi connectivity index (χ3n) is 3.85. The number of nitrogens with one attached hydrogen (secondary N) is 1. The van der Waals surface area contributed by atoms with Crippen molar-refractivity contribution in [3.8, 4) is 0 Å². The second-order valence-corrected chi connectivity index (χ2v) is 7.89. The predicted molar refractivity (Wildman–Crippen MR) is 102 cm³/mol. The Kier molecular flexibility index (Phi) is 7.20. The van der Waals surface area contributed by atoms with Crippen LogP contribution in [0.25, 0.3) is 0 Å². The van der Waals surface area contributed by atoms with Crippen molar-refractivity contribution < 1.29 is 28.5 Å². The number of nitrogens with zero attached hydrogens (tertiary/aromatic N) is 2. The predicted octanol–water partition coefficient (Wildman–Crippen LogP) is 0.790. The molecule has 0 aromatic carbocycles. The number of esters is 1. The van der Waals surface area contributed by atoms with Crippen LogP contribution in [-0.4, -0.2) is 52.8 Å². The van der Waals surface area contributed by atoms with E-state index in [1.807, 2.05) is 0 Å². The number of anilines is 1. The Morgan fingerprint density at radius 2 is 2.10 bits per heavy atom. The quantitative estimate of drug-likeness (QED) is 0.648. The van der Waals surface area contributed by atoms with Crippen molar-refractivity contribution in [1.29, 1.82) is 0 Å². The monoisotopic (exact) mass is 412 g/mol. The third-order valence-corrected chi connectivity index (χ3v) is 3.85. The van der Waals surface area contributed by atoms with E-state index < -0.39 is 41.9 Å². The largest absolute Gasteiger partial charge is 0.459 e. The SMILES string of the molecule is CC(C)[C@H](NC(=O)OC(C)(C)C)C(=O)OC[C@H]1OC[C@@H](n2ccc(N)nc2=O)O1. The van der Waals surface area contributed by atoms with Crippen molar-refractivity contribution in [2.75, 3.05) is 18.9 Å². The highest BCUT2D eigenvalue weighted by molar-refractivity contribution is 5.81. The van der Waals surface area contributed by atoms with Crippen LogP contribution in [0, 0.1) is 5.92 Å². The summed E-state index contributed by atoms with van der Waals surface area (Å²) in [6.07, 6.45) is -0.827. The number of nitrogens with two attached hydrogens (primary N) is 1. The van der Waals surface area contributed by atoms with Crippen LogP contribution >= 0.6 is 0 Å². The Hall–Kier alpha value is -2.66. The highest BCUT2D eigenvalue weighted by Crippen LogP contribution is 2.20. The van der Waals surface area contributed by atoms with Gasteiger partial charge < -0.3 is 30.0 Å². The number of hydrogen-bond donors (Lipinski definition) is 2. The molecule has 1 aromatic rings. The molecule has 11 heteroatoms. The molecule has 0 bridgehead atoms. The number of rotatable bonds is 6. The number of nitrogen functional groups attached to an aromatic ring is 1. The lowest BCUT2D eigenvalue weighted by Crippen LogP contribution is -2.47. The summed E-state index contributed by atoms with van der Waals surface area (Å²) >= 11 is 0. The fourth-order valence-corrected chi connectivity index (χ4v) is 2.49. The second-order valence-electron chi connectivity index (χ2n) is 7.89. The molecule has 2 heterocycles. The molecular formula is C18H28N4O7. The molecule has 1 saturated heterocycles. The molecule has 0 saturated carbocycles. The van der Waals surface area contributed by atoms with Gasteiger partial charge in [-0.1, -0.05) is 13.8 Å². The maximum atomic E-state index is 12.4. The minimum absolute atomic E-state index is 0.0808. The van der Waals surface area contributed by atoms with Gasteiger partial charge in [-0.15, -0.1) is 0 Å². The van der Waals surface area contributed by atoms with Crippen molar-refractivity contribution in [2.24, 2.45) is 5.92 Å². The van der Waals surface area contributed by atoms with Crippen molar-refractivity contribution in [2.45, 2.75) is 58.8 Å². The van der Waals surface area contributed by atoms with Gasteiger partial charge in [-0.3, -0.25) is 4.57 Å². The Balaban J connectivity index is 1.88. The van der Waals surface area contributed by atoms with Crippen LogP contribution in [0.5, 0.6) is 0 Å². The van der Waals surface area contributed by atoms with Gasteiger partial charge in [0.15, 0.2) is 12.5 Å². The van der Waals surface area contributed by atoms with Gasteiger partial charge in [0.2, 0.25) is 0 Å². The van der Waals surface area contributed by atoms with Gasteiger partial charge in [0.25, 0.3) is 0 Å². The van der Waals surface area contributed by atoms with Crippen molar-refractivity contribution in [3.63, 3.8) is 0 Å². The number of carbonyl (C=O) groups is 2. The molecule has 0 radical (unpaired) electrons. The first-order valence-corrected chi connectivity index (χ1v) is 9.24. The van der Waals surface area contributed by atoms with E-state index >= 15 is 0 Å². The Bertz CT molecular complexity index is 787. The topological polar surface area (TPSA) is 144 Å². The molecule has 2 rings (SSSR count). The number of aromatic nitrogens is 2. The smallest absolute Gasteiger partial charge is 0.408 e. The van der Waals surface area contributed by atoms with Gasteiger partial charge >= 0.3 is 17.8 Å². The Labute approximate surface area is 168 Å². The van der Waals surface area contributed by atoms with Gasteiger partial charge in [0, 0.05) is 6.20 Å². The average molecular weight is 412 g/mol. The zero-order valence-corrected chi connectivity index (χ0v) is 17.2. The lowest BCUT2D eigenvalue weighted by atomic mass is 10.1. The van der Waals surface area contributed by atoms with Crippen molar-refractivity contribution in [3.05, 3.63) is 22.7 Å². The van der Waals surface area contributed by atoms with E-state index in [4.69, 9.17) is 24.7 Å². The molecule has 29 heavy (non-hydrogen) atoms. The van der Waals surface area contributed by atoms with Gasteiger partial charge in [0.1, 0.15) is 24.1 Å². The molecule has 1 fully saturated rings. The molecule has 0 spiro atoms. The summed E-state index contributed by atoms with van der Waals surface area (Å²) < 4.78 is 22.6. The van der Waals surface area contributed by atoms with Crippen LogP contribution < -0.4 is 16.7 Å². The van der Waals surface area contributed by atoms with Crippen LogP contribution in [0.4, 0.5) is 10.6 Å². The van der Waals surface area contributed by atoms with E-state index in [-0.39, 0.29) is 24.9 Å². The lowest BCUT2D eigenvalue weighted by Gasteiger charge is -2.25. The van der Waals surface area contributed by atoms with E-state index in [1.54, 1.807) is 34.6 Å². The second kappa shape index (κ2) is 9.23. The fourth-order valence-electron chi connectivity index (χ4n) is 2.49. The number of amides is 1. The van der Waals surface area contributed by atoms with E-state index in [9.17, 15) is 14.4 Å². The van der Waals surface area contributed by atoms with Crippen molar-refractivity contribution >= 4 is 17.9 Å². The normalized spacial score (nSPS) is 20.3. The Morgan fingerprint density at radius 1 is 1.41 bits per heavy atom. The zero-order chi connectivity index (χ0) is 21.8. The highest BCUT2D eigenvalue weighted by atomic mass is 16.7. The molecule has 162 valence electrons. The van der Waals surface area contributed by atoms with Gasteiger partial charge in [-0.2, -0.15) is 4.98 Å². The van der Waals surface area contributed by atoms with Gasteiger partial charge in [-0.05, 0) is 32.8 Å². The number of alkyl carbamates (subject to hydrolysis) is 1. The summed E-state index contributed by atoms with van der Waals surface area (Å²) in [5.74, 6) is -0.770. The first kappa shape index (κ1) is 22.6. The maximum absolute atomic E-state index is 12.4. The van der Waals surface area contributed by atoms with Crippen LogP contribution in [0.2, 0.25) is 0 Å². The fraction of sp³-hybridized carbons (Fsp3) is 0.667. The lowest BCUT2D eigenvalue weighted by molar-refractivity contribution is -0.162. The van der Waals surface area contributed by atoms with Crippen molar-refractivity contribution in [1.82, 2.24) is 14.9 Å². The van der Waals surface area contributed by atoms with E-state index in [0.717, 1.165) is 0 Å². The third kappa shape index (κ3) is 6.71. The summed E-state index contributed by atoms with van der Waals surface area (Å²) in [4.78, 5) is 39.8. The molecule has 1 amide bonds. The molecule has 3 atom stereocenters. The summed E-state index contributed by atoms with van der Waals surface area (Å²) in [7, 11) is 0. The first-order chi connectivity index (χ1) is 13.5. The standard InChI is InChI=1S/C18H28N4O7/c1-10(2)14(21-17(25)29-18(3,4)5)15(23)27-9-13-26-8-12(28-13)22-7-6-11(19)20-16(22)24/h6-7,10,12-14H,8-9H2,1-5H3,(H,21,25)(H2,19,20,24)/t12-,13-,14-/m0/s1. The van der Waals surface area contributed by atoms with E-state index in [0.29, 0.717) is 0 Å². The molecule has 1 aromatic heterocycles.